The number of aryl methyl sites for hydroxylation is 1. The summed E-state index contributed by atoms with van der Waals surface area (Å²) in [5.41, 5.74) is 2.05. The molecule has 0 N–H and O–H groups in total. The van der Waals surface area contributed by atoms with Gasteiger partial charge in [0.15, 0.2) is 11.5 Å². The third-order valence-corrected chi connectivity index (χ3v) is 4.16. The summed E-state index contributed by atoms with van der Waals surface area (Å²) in [5.74, 6) is 0.437. The van der Waals surface area contributed by atoms with E-state index in [4.69, 9.17) is 13.9 Å². The van der Waals surface area contributed by atoms with Crippen molar-refractivity contribution in [2.24, 2.45) is 0 Å². The lowest BCUT2D eigenvalue weighted by Gasteiger charge is -2.13. The largest absolute Gasteiger partial charge is 0.485 e. The Morgan fingerprint density at radius 2 is 1.90 bits per heavy atom. The number of halogens is 2. The number of carbonyl (C=O) groups excluding carboxylic acids is 1. The molecule has 0 fully saturated rings. The zero-order chi connectivity index (χ0) is 21.3. The maximum Gasteiger partial charge on any atom is 0.305 e. The smallest absolute Gasteiger partial charge is 0.305 e. The molecule has 0 aliphatic heterocycles. The van der Waals surface area contributed by atoms with E-state index in [1.54, 1.807) is 18.2 Å². The van der Waals surface area contributed by atoms with Crippen molar-refractivity contribution in [3.8, 4) is 23.0 Å². The molecule has 0 amide bonds. The van der Waals surface area contributed by atoms with Gasteiger partial charge in [-0.25, -0.2) is 13.8 Å². The molecule has 8 heteroatoms. The molecule has 0 saturated heterocycles. The molecule has 0 spiro atoms. The first-order chi connectivity index (χ1) is 14.5. The molecule has 0 radical (unpaired) electrons. The molecule has 0 bridgehead atoms. The monoisotopic (exact) mass is 417 g/mol. The van der Waals surface area contributed by atoms with Crippen LogP contribution in [-0.2, 0) is 22.6 Å². The minimum Gasteiger partial charge on any atom is -0.485 e. The molecule has 0 aliphatic rings. The van der Waals surface area contributed by atoms with Crippen molar-refractivity contribution in [2.45, 2.75) is 25.9 Å². The summed E-state index contributed by atoms with van der Waals surface area (Å²) in [6.45, 7) is -0.497. The summed E-state index contributed by atoms with van der Waals surface area (Å²) in [6, 6.07) is 14.3. The molecular weight excluding hydrogens is 396 g/mol. The predicted molar refractivity (Wildman–Crippen MR) is 105 cm³/mol. The van der Waals surface area contributed by atoms with Gasteiger partial charge in [0, 0.05) is 12.0 Å². The number of carbonyl (C=O) groups is 1. The van der Waals surface area contributed by atoms with E-state index in [0.717, 1.165) is 5.56 Å². The molecule has 6 nitrogen and oxygen atoms in total. The van der Waals surface area contributed by atoms with E-state index in [1.165, 1.54) is 13.4 Å². The van der Waals surface area contributed by atoms with Crippen LogP contribution in [0.2, 0.25) is 0 Å². The average molecular weight is 417 g/mol. The van der Waals surface area contributed by atoms with Gasteiger partial charge in [0.25, 0.3) is 6.43 Å². The summed E-state index contributed by atoms with van der Waals surface area (Å²) >= 11 is 0. The molecule has 3 aromatic rings. The van der Waals surface area contributed by atoms with Crippen molar-refractivity contribution >= 4 is 5.97 Å². The standard InChI is InChI=1S/C22H21F2NO5/c1-27-21(26)10-8-17-13-30-22(25-17)16-7-9-18(19(11-16)29-14-20(23)24)28-12-15-5-3-2-4-6-15/h2-7,9,11,13,20H,8,10,12,14H2,1H3. The number of aromatic nitrogens is 1. The Kier molecular flexibility index (Phi) is 7.37. The normalized spacial score (nSPS) is 10.8. The van der Waals surface area contributed by atoms with E-state index < -0.39 is 13.0 Å². The van der Waals surface area contributed by atoms with E-state index in [2.05, 4.69) is 9.72 Å². The highest BCUT2D eigenvalue weighted by molar-refractivity contribution is 5.69. The number of hydrogen-bond donors (Lipinski definition) is 0. The number of rotatable bonds is 10. The van der Waals surface area contributed by atoms with Crippen LogP contribution in [0.15, 0.2) is 59.2 Å². The minimum absolute atomic E-state index is 0.165. The Labute approximate surface area is 172 Å². The molecule has 2 aromatic carbocycles. The van der Waals surface area contributed by atoms with E-state index >= 15 is 0 Å². The molecule has 0 atom stereocenters. The maximum absolute atomic E-state index is 12.7. The number of ether oxygens (including phenoxy) is 3. The third kappa shape index (κ3) is 6.04. The van der Waals surface area contributed by atoms with Crippen LogP contribution >= 0.6 is 0 Å². The zero-order valence-electron chi connectivity index (χ0n) is 16.3. The second kappa shape index (κ2) is 10.4. The number of benzene rings is 2. The van der Waals surface area contributed by atoms with Gasteiger partial charge >= 0.3 is 5.97 Å². The molecule has 3 rings (SSSR count). The third-order valence-electron chi connectivity index (χ3n) is 4.16. The fourth-order valence-corrected chi connectivity index (χ4v) is 2.65. The van der Waals surface area contributed by atoms with Gasteiger partial charge in [-0.3, -0.25) is 4.79 Å². The lowest BCUT2D eigenvalue weighted by Crippen LogP contribution is -2.08. The van der Waals surface area contributed by atoms with Crippen molar-refractivity contribution in [1.29, 1.82) is 0 Å². The van der Waals surface area contributed by atoms with Gasteiger partial charge in [-0.2, -0.15) is 0 Å². The van der Waals surface area contributed by atoms with Crippen LogP contribution in [0.25, 0.3) is 11.5 Å². The number of methoxy groups -OCH3 is 1. The summed E-state index contributed by atoms with van der Waals surface area (Å²) in [7, 11) is 1.32. The van der Waals surface area contributed by atoms with Crippen LogP contribution in [-0.4, -0.2) is 31.1 Å². The van der Waals surface area contributed by atoms with E-state index in [0.29, 0.717) is 23.4 Å². The summed E-state index contributed by atoms with van der Waals surface area (Å²) in [6.07, 6.45) is -0.638. The Balaban J connectivity index is 1.76. The second-order valence-electron chi connectivity index (χ2n) is 6.36. The van der Waals surface area contributed by atoms with Crippen molar-refractivity contribution in [3.63, 3.8) is 0 Å². The van der Waals surface area contributed by atoms with Crippen molar-refractivity contribution in [1.82, 2.24) is 4.98 Å². The molecule has 0 unspecified atom stereocenters. The minimum atomic E-state index is -2.62. The van der Waals surface area contributed by atoms with E-state index in [-0.39, 0.29) is 30.6 Å². The summed E-state index contributed by atoms with van der Waals surface area (Å²) in [4.78, 5) is 15.6. The Bertz CT molecular complexity index is 959. The number of esters is 1. The molecular formula is C22H21F2NO5. The van der Waals surface area contributed by atoms with E-state index in [1.807, 2.05) is 30.3 Å². The Morgan fingerprint density at radius 3 is 2.63 bits per heavy atom. The van der Waals surface area contributed by atoms with Gasteiger partial charge in [-0.15, -0.1) is 0 Å². The first-order valence-corrected chi connectivity index (χ1v) is 9.28. The second-order valence-corrected chi connectivity index (χ2v) is 6.36. The van der Waals surface area contributed by atoms with Crippen LogP contribution in [0, 0.1) is 0 Å². The van der Waals surface area contributed by atoms with Crippen molar-refractivity contribution in [3.05, 3.63) is 66.1 Å². The van der Waals surface area contributed by atoms with Crippen LogP contribution in [0.5, 0.6) is 11.5 Å². The molecule has 0 saturated carbocycles. The van der Waals surface area contributed by atoms with Crippen LogP contribution in [0.1, 0.15) is 17.7 Å². The van der Waals surface area contributed by atoms with Gasteiger partial charge in [-0.1, -0.05) is 30.3 Å². The van der Waals surface area contributed by atoms with Gasteiger partial charge in [-0.05, 0) is 23.8 Å². The van der Waals surface area contributed by atoms with Gasteiger partial charge in [0.1, 0.15) is 19.5 Å². The fraction of sp³-hybridized carbons (Fsp3) is 0.273. The van der Waals surface area contributed by atoms with Crippen molar-refractivity contribution < 1.29 is 32.2 Å². The molecule has 30 heavy (non-hydrogen) atoms. The first-order valence-electron chi connectivity index (χ1n) is 9.28. The Morgan fingerprint density at radius 1 is 1.10 bits per heavy atom. The lowest BCUT2D eigenvalue weighted by molar-refractivity contribution is -0.140. The number of oxazole rings is 1. The topological polar surface area (TPSA) is 70.8 Å². The average Bonchev–Trinajstić information content (AvgIpc) is 3.24. The zero-order valence-corrected chi connectivity index (χ0v) is 16.3. The first kappa shape index (κ1) is 21.3. The van der Waals surface area contributed by atoms with Crippen LogP contribution < -0.4 is 9.47 Å². The predicted octanol–water partition coefficient (Wildman–Crippen LogP) is 4.67. The summed E-state index contributed by atoms with van der Waals surface area (Å²) < 4.78 is 46.4. The molecule has 0 aliphatic carbocycles. The highest BCUT2D eigenvalue weighted by atomic mass is 19.3. The lowest BCUT2D eigenvalue weighted by atomic mass is 10.2. The fourth-order valence-electron chi connectivity index (χ4n) is 2.65. The highest BCUT2D eigenvalue weighted by Gasteiger charge is 2.15. The molecule has 158 valence electrons. The van der Waals surface area contributed by atoms with E-state index in [9.17, 15) is 13.6 Å². The number of alkyl halides is 2. The summed E-state index contributed by atoms with van der Waals surface area (Å²) in [5, 5.41) is 0. The molecule has 1 aromatic heterocycles. The SMILES string of the molecule is COC(=O)CCc1coc(-c2ccc(OCc3ccccc3)c(OCC(F)F)c2)n1. The van der Waals surface area contributed by atoms with Gasteiger partial charge in [0.2, 0.25) is 5.89 Å². The maximum atomic E-state index is 12.7. The number of hydrogen-bond acceptors (Lipinski definition) is 6. The van der Waals surface area contributed by atoms with Crippen LogP contribution in [0.4, 0.5) is 8.78 Å². The molecule has 1 heterocycles. The highest BCUT2D eigenvalue weighted by Crippen LogP contribution is 2.33. The van der Waals surface area contributed by atoms with Gasteiger partial charge in [0.05, 0.1) is 19.2 Å². The van der Waals surface area contributed by atoms with Crippen molar-refractivity contribution in [2.75, 3.05) is 13.7 Å². The number of nitrogens with zero attached hydrogens (tertiary/aromatic N) is 1. The van der Waals surface area contributed by atoms with Crippen LogP contribution in [0.3, 0.4) is 0 Å². The Hall–Kier alpha value is -3.42. The quantitative estimate of drug-likeness (QED) is 0.447. The van der Waals surface area contributed by atoms with Gasteiger partial charge < -0.3 is 18.6 Å².